The average molecular weight is 729 g/mol. The van der Waals surface area contributed by atoms with Crippen LogP contribution in [0.15, 0.2) is 54.6 Å². The molecule has 1 heterocycles. The number of imidazole rings is 1. The van der Waals surface area contributed by atoms with E-state index >= 15 is 0 Å². The Morgan fingerprint density at radius 3 is 1.62 bits per heavy atom. The minimum Gasteiger partial charge on any atom is -0.481 e. The van der Waals surface area contributed by atoms with Gasteiger partial charge in [-0.1, -0.05) is 99.6 Å². The summed E-state index contributed by atoms with van der Waals surface area (Å²) in [5, 5.41) is 11.4. The molecule has 0 spiro atoms. The molecule has 1 aromatic heterocycles. The first kappa shape index (κ1) is 49.3. The van der Waals surface area contributed by atoms with Gasteiger partial charge in [-0.2, -0.15) is 0 Å². The number of aromatic nitrogens is 2. The fourth-order valence-corrected chi connectivity index (χ4v) is 3.76. The fraction of sp³-hybridized carbons (Fsp3) is 0.590. The van der Waals surface area contributed by atoms with Gasteiger partial charge < -0.3 is 27.3 Å². The van der Waals surface area contributed by atoms with Gasteiger partial charge in [0.1, 0.15) is 5.82 Å². The van der Waals surface area contributed by atoms with Gasteiger partial charge >= 0.3 is 5.97 Å². The van der Waals surface area contributed by atoms with E-state index in [1.807, 2.05) is 26.0 Å². The normalized spacial score (nSPS) is 12.7. The average Bonchev–Trinajstić information content (AvgIpc) is 3.30. The number of para-hydroxylation sites is 2. The largest absolute Gasteiger partial charge is 0.481 e. The van der Waals surface area contributed by atoms with E-state index in [2.05, 4.69) is 123 Å². The first-order chi connectivity index (χ1) is 20.5. The SMILES string of the molecule is CC.CC(C)(C)C(C)(C)C.CC(NC(=O)c1ccccc1)C(C)C(=O)O.CN(C)C(C)(C)C(C)(C)c1nc2ccccc2n1C.[CH3-].[Y]. The Labute approximate surface area is 313 Å². The molecule has 0 aliphatic rings. The van der Waals surface area contributed by atoms with Crippen LogP contribution in [-0.4, -0.2) is 57.1 Å². The second-order valence-corrected chi connectivity index (χ2v) is 14.8. The summed E-state index contributed by atoms with van der Waals surface area (Å²) in [4.78, 5) is 29.5. The van der Waals surface area contributed by atoms with Crippen LogP contribution in [-0.2, 0) is 50.0 Å². The van der Waals surface area contributed by atoms with Crippen molar-refractivity contribution in [3.63, 3.8) is 0 Å². The number of benzene rings is 2. The number of carboxylic acid groups (broad SMARTS) is 1. The molecule has 0 saturated carbocycles. The summed E-state index contributed by atoms with van der Waals surface area (Å²) in [6.07, 6.45) is 0. The van der Waals surface area contributed by atoms with E-state index in [9.17, 15) is 9.59 Å². The van der Waals surface area contributed by atoms with E-state index in [4.69, 9.17) is 10.1 Å². The maximum Gasteiger partial charge on any atom is 0.308 e. The number of carbonyl (C=O) groups is 2. The van der Waals surface area contributed by atoms with Gasteiger partial charge in [-0.05, 0) is 76.9 Å². The minimum atomic E-state index is -0.916. The zero-order chi connectivity index (χ0) is 35.6. The Morgan fingerprint density at radius 2 is 1.23 bits per heavy atom. The second-order valence-electron chi connectivity index (χ2n) is 14.8. The van der Waals surface area contributed by atoms with Gasteiger partial charge in [0.25, 0.3) is 5.91 Å². The van der Waals surface area contributed by atoms with Crippen LogP contribution >= 0.6 is 0 Å². The Kier molecular flexibility index (Phi) is 21.4. The summed E-state index contributed by atoms with van der Waals surface area (Å²) in [5.74, 6) is -0.637. The maximum absolute atomic E-state index is 11.7. The number of fused-ring (bicyclic) bond motifs is 1. The first-order valence-electron chi connectivity index (χ1n) is 16.1. The van der Waals surface area contributed by atoms with Crippen molar-refractivity contribution < 1.29 is 47.4 Å². The summed E-state index contributed by atoms with van der Waals surface area (Å²) in [6, 6.07) is 16.6. The number of amides is 1. The number of carbonyl (C=O) groups excluding carboxylic acids is 1. The number of nitrogens with zero attached hydrogens (tertiary/aromatic N) is 3. The van der Waals surface area contributed by atoms with Crippen LogP contribution in [0.2, 0.25) is 0 Å². The van der Waals surface area contributed by atoms with Gasteiger partial charge in [-0.15, -0.1) is 0 Å². The first-order valence-corrected chi connectivity index (χ1v) is 16.1. The monoisotopic (exact) mass is 728 g/mol. The van der Waals surface area contributed by atoms with E-state index in [1.54, 1.807) is 38.1 Å². The van der Waals surface area contributed by atoms with E-state index < -0.39 is 17.9 Å². The molecule has 3 aromatic rings. The van der Waals surface area contributed by atoms with Crippen molar-refractivity contribution in [1.29, 1.82) is 0 Å². The third kappa shape index (κ3) is 13.7. The maximum atomic E-state index is 11.7. The summed E-state index contributed by atoms with van der Waals surface area (Å²) < 4.78 is 2.22. The van der Waals surface area contributed by atoms with E-state index in [1.165, 1.54) is 5.52 Å². The Bertz CT molecular complexity index is 1320. The number of nitrogens with one attached hydrogen (secondary N) is 1. The summed E-state index contributed by atoms with van der Waals surface area (Å²) in [6.45, 7) is 30.0. The number of hydrogen-bond donors (Lipinski definition) is 2. The standard InChI is InChI=1S/C16H25N3.C12H15NO3.C8H18.C2H6.CH3.Y/c1-15(2,16(3,4)18(5)6)14-17-12-10-8-9-11-13(12)19(14)7;1-8(12(15)16)9(2)13-11(14)10-6-4-3-5-7-10;1-7(2,3)8(4,5)6;1-2;;/h8-11H,1-7H3;3-9H,1-2H3,(H,13,14)(H,15,16);1-6H3;1-2H3;1H3;/q;;;;-1;. The molecule has 2 N–H and O–H groups in total. The van der Waals surface area contributed by atoms with Crippen molar-refractivity contribution in [2.75, 3.05) is 14.1 Å². The van der Waals surface area contributed by atoms with Gasteiger partial charge in [0, 0.05) is 62.3 Å². The van der Waals surface area contributed by atoms with Crippen molar-refractivity contribution in [2.45, 2.75) is 114 Å². The third-order valence-electron chi connectivity index (χ3n) is 9.78. The van der Waals surface area contributed by atoms with Crippen LogP contribution in [0.4, 0.5) is 0 Å². The van der Waals surface area contributed by atoms with Crippen LogP contribution in [0, 0.1) is 24.2 Å². The predicted molar refractivity (Wildman–Crippen MR) is 198 cm³/mol. The number of carboxylic acids is 1. The van der Waals surface area contributed by atoms with Crippen LogP contribution in [0.5, 0.6) is 0 Å². The molecule has 265 valence electrons. The van der Waals surface area contributed by atoms with Gasteiger partial charge in [0.05, 0.1) is 17.0 Å². The molecule has 0 saturated heterocycles. The molecule has 2 atom stereocenters. The summed E-state index contributed by atoms with van der Waals surface area (Å²) in [7, 11) is 6.37. The molecule has 2 unspecified atom stereocenters. The molecule has 47 heavy (non-hydrogen) atoms. The second kappa shape index (κ2) is 20.4. The molecule has 8 heteroatoms. The van der Waals surface area contributed by atoms with E-state index in [0.717, 1.165) is 11.3 Å². The topological polar surface area (TPSA) is 87.5 Å². The van der Waals surface area contributed by atoms with Crippen molar-refractivity contribution in [2.24, 2.45) is 23.8 Å². The van der Waals surface area contributed by atoms with Gasteiger partial charge in [-0.3, -0.25) is 9.59 Å². The van der Waals surface area contributed by atoms with Crippen molar-refractivity contribution in [3.05, 3.63) is 73.4 Å². The van der Waals surface area contributed by atoms with Crippen LogP contribution in [0.1, 0.15) is 113 Å². The number of likely N-dealkylation sites (N-methyl/N-ethyl adjacent to an activating group) is 1. The van der Waals surface area contributed by atoms with Crippen LogP contribution in [0.3, 0.4) is 0 Å². The molecule has 7 nitrogen and oxygen atoms in total. The summed E-state index contributed by atoms with van der Waals surface area (Å²) >= 11 is 0. The van der Waals surface area contributed by atoms with Crippen molar-refractivity contribution in [3.8, 4) is 0 Å². The van der Waals surface area contributed by atoms with Crippen LogP contribution in [0.25, 0.3) is 11.0 Å². The number of rotatable bonds is 7. The molecule has 0 aliphatic heterocycles. The smallest absolute Gasteiger partial charge is 0.308 e. The van der Waals surface area contributed by atoms with E-state index in [0.29, 0.717) is 16.4 Å². The Hall–Kier alpha value is -2.09. The Morgan fingerprint density at radius 1 is 0.809 bits per heavy atom. The number of aliphatic carboxylic acids is 1. The fourth-order valence-electron chi connectivity index (χ4n) is 3.76. The molecule has 1 radical (unpaired) electrons. The predicted octanol–water partition coefficient (Wildman–Crippen LogP) is 9.27. The molecular weight excluding hydrogens is 661 g/mol. The molecule has 0 bridgehead atoms. The van der Waals surface area contributed by atoms with Crippen LogP contribution < -0.4 is 5.32 Å². The number of aryl methyl sites for hydroxylation is 1. The Balaban J connectivity index is -0.000000630. The molecule has 1 amide bonds. The van der Waals surface area contributed by atoms with Gasteiger partial charge in [0.2, 0.25) is 0 Å². The zero-order valence-electron chi connectivity index (χ0n) is 33.0. The van der Waals surface area contributed by atoms with Gasteiger partial charge in [-0.25, -0.2) is 4.98 Å². The molecule has 2 aromatic carbocycles. The van der Waals surface area contributed by atoms with Crippen molar-refractivity contribution in [1.82, 2.24) is 19.8 Å². The molecule has 0 aliphatic carbocycles. The molecule has 3 rings (SSSR count). The zero-order valence-corrected chi connectivity index (χ0v) is 35.9. The van der Waals surface area contributed by atoms with E-state index in [-0.39, 0.29) is 57.0 Å². The quantitative estimate of drug-likeness (QED) is 0.237. The molecule has 0 fully saturated rings. The summed E-state index contributed by atoms with van der Waals surface area (Å²) in [5.41, 5.74) is 3.64. The van der Waals surface area contributed by atoms with Crippen molar-refractivity contribution >= 4 is 22.9 Å². The number of hydrogen-bond acceptors (Lipinski definition) is 4. The van der Waals surface area contributed by atoms with Gasteiger partial charge in [0.15, 0.2) is 0 Å². The molecular formula is C39H67N4O3Y-. The third-order valence-corrected chi connectivity index (χ3v) is 9.78. The minimum absolute atomic E-state index is 0.